The van der Waals surface area contributed by atoms with Crippen molar-refractivity contribution in [1.29, 1.82) is 0 Å². The average Bonchev–Trinajstić information content (AvgIpc) is 0.803. The van der Waals surface area contributed by atoms with Gasteiger partial charge in [0, 0.05) is 82.8 Å². The molecule has 6 heterocycles. The number of nitrogens with zero attached hydrogens (tertiary/aromatic N) is 6. The van der Waals surface area contributed by atoms with Crippen LogP contribution in [-0.2, 0) is 62.4 Å². The number of hydrogen-bond acceptors (Lipinski definition) is 15. The number of allylic oxidation sites excluding steroid dienone is 9. The number of hydrogen-bond donors (Lipinski definition) is 0. The third kappa shape index (κ3) is 27.3. The molecule has 6 aliphatic heterocycles. The van der Waals surface area contributed by atoms with Crippen molar-refractivity contribution in [2.75, 3.05) is 59.1 Å². The molecule has 0 bridgehead atoms. The molecular formula is C84H113ClN6O12. The average molecular weight is 1430 g/mol. The van der Waals surface area contributed by atoms with Crippen LogP contribution in [0.3, 0.4) is 0 Å². The van der Waals surface area contributed by atoms with Crippen molar-refractivity contribution in [3.05, 3.63) is 175 Å². The molecule has 19 heteroatoms. The summed E-state index contributed by atoms with van der Waals surface area (Å²) < 4.78 is 17.3. The van der Waals surface area contributed by atoms with E-state index in [1.165, 1.54) is 12.8 Å². The number of carbonyl (C=O) groups is 6. The Morgan fingerprint density at radius 1 is 0.408 bits per heavy atom. The molecule has 3 fully saturated rings. The van der Waals surface area contributed by atoms with Crippen LogP contribution in [-0.4, -0.2) is 145 Å². The highest BCUT2D eigenvalue weighted by Crippen LogP contribution is 2.31. The van der Waals surface area contributed by atoms with E-state index in [2.05, 4.69) is 84.8 Å². The number of amides is 3. The van der Waals surface area contributed by atoms with E-state index in [-0.39, 0.29) is 67.8 Å². The van der Waals surface area contributed by atoms with Crippen LogP contribution in [0.5, 0.6) is 0 Å². The van der Waals surface area contributed by atoms with Gasteiger partial charge in [0.25, 0.3) is 17.7 Å². The maximum atomic E-state index is 13.2. The number of likely N-dealkylation sites (tertiary alicyclic amines) is 3. The predicted molar refractivity (Wildman–Crippen MR) is 410 cm³/mol. The van der Waals surface area contributed by atoms with E-state index in [1.807, 2.05) is 132 Å². The number of rotatable bonds is 9. The standard InChI is InChI=1S/C28H37ClN2O4.2C28H38N2O4/c1-19-10-8-12-22(4)35-28(33)26-20(2)16-21(3)27(29)24(26)17-23(13-9-11-19)30-34-18-25(32)31-14-6-5-7-15-31;2*1-20-10-8-12-23(4)34-28(32)27-22(3)16-21(2)17-24(27)18-25(13-9-11-20)29-33-19-26(31)30-14-6-5-7-15-30/h8-10,13,16,19,22H,5-7,11-12,14-15,17-18H2,1-4H3;2*8-10,13,16-17,20,23H,5-7,11-12,14-15,18-19H2,1-4H3/b10-8+,13-9+,30-23-;10-8+,13-9+,29-25+;10-8+,13-9+,29-25-/t19?,22-;2*20?,23-/m111/s1. The van der Waals surface area contributed by atoms with Gasteiger partial charge in [0.15, 0.2) is 19.8 Å². The van der Waals surface area contributed by atoms with Crippen molar-refractivity contribution in [1.82, 2.24) is 14.7 Å². The zero-order valence-electron chi connectivity index (χ0n) is 63.3. The molecule has 9 rings (SSSR count). The van der Waals surface area contributed by atoms with Crippen molar-refractivity contribution in [3.63, 3.8) is 0 Å². The Bertz CT molecular complexity index is 3520. The van der Waals surface area contributed by atoms with Crippen LogP contribution in [0.15, 0.2) is 119 Å². The van der Waals surface area contributed by atoms with Gasteiger partial charge in [-0.05, 0) is 214 Å². The summed E-state index contributed by atoms with van der Waals surface area (Å²) in [7, 11) is 0. The lowest BCUT2D eigenvalue weighted by molar-refractivity contribution is -0.137. The smallest absolute Gasteiger partial charge is 0.339 e. The van der Waals surface area contributed by atoms with Gasteiger partial charge in [-0.15, -0.1) is 0 Å². The number of piperidine rings is 3. The number of benzene rings is 3. The molecule has 103 heavy (non-hydrogen) atoms. The fraction of sp³-hybridized carbons (Fsp3) is 0.536. The third-order valence-electron chi connectivity index (χ3n) is 19.0. The Labute approximate surface area is 617 Å². The molecule has 6 atom stereocenters. The number of ether oxygens (including phenoxy) is 3. The van der Waals surface area contributed by atoms with Gasteiger partial charge in [-0.25, -0.2) is 14.4 Å². The largest absolute Gasteiger partial charge is 0.459 e. The molecule has 0 radical (unpaired) electrons. The summed E-state index contributed by atoms with van der Waals surface area (Å²) in [6.07, 6.45) is 39.4. The van der Waals surface area contributed by atoms with Crippen LogP contribution in [0.25, 0.3) is 0 Å². The molecule has 0 spiro atoms. The molecule has 0 saturated carbocycles. The zero-order valence-corrected chi connectivity index (χ0v) is 64.1. The minimum Gasteiger partial charge on any atom is -0.459 e. The van der Waals surface area contributed by atoms with Crippen LogP contribution < -0.4 is 0 Å². The van der Waals surface area contributed by atoms with Crippen LogP contribution >= 0.6 is 11.6 Å². The Balaban J connectivity index is 0.000000216. The molecule has 3 amide bonds. The number of cyclic esters (lactones) is 3. The van der Waals surface area contributed by atoms with E-state index in [0.717, 1.165) is 148 Å². The van der Waals surface area contributed by atoms with E-state index in [4.69, 9.17) is 40.3 Å². The Morgan fingerprint density at radius 3 is 1.06 bits per heavy atom. The number of esters is 3. The SMILES string of the molecule is Cc1cc(C)c2c(c1)CC(=N/OCC(=O)N1CCCCC1)/C=C/CC(C)/C=C/C[C@@H](C)OC2=O.Cc1cc(C)c2c(c1)CC(=N\OCC(=O)N1CCCCC1)/C=C/CC(C)/C=C/C[C@@H](C)OC2=O.Cc1cc(C)c2c(c1Cl)CC(=N\OCC(=O)N1CCCCC1)/C=C/CC(C)/C=C/C[C@@H](C)OC2=O. The third-order valence-corrected chi connectivity index (χ3v) is 19.5. The van der Waals surface area contributed by atoms with E-state index >= 15 is 0 Å². The topological polar surface area (TPSA) is 205 Å². The number of halogens is 1. The lowest BCUT2D eigenvalue weighted by Gasteiger charge is -2.26. The van der Waals surface area contributed by atoms with Gasteiger partial charge in [0.1, 0.15) is 18.3 Å². The summed E-state index contributed by atoms with van der Waals surface area (Å²) in [4.78, 5) is 98.9. The molecule has 6 aliphatic rings. The fourth-order valence-electron chi connectivity index (χ4n) is 13.5. The molecule has 0 aromatic heterocycles. The summed E-state index contributed by atoms with van der Waals surface area (Å²) in [5.74, 6) is -0.125. The number of carbonyl (C=O) groups excluding carboxylic acids is 6. The van der Waals surface area contributed by atoms with Gasteiger partial charge < -0.3 is 43.4 Å². The number of fused-ring (bicyclic) bond motifs is 3. The lowest BCUT2D eigenvalue weighted by Crippen LogP contribution is -2.37. The molecule has 3 saturated heterocycles. The first-order chi connectivity index (χ1) is 49.4. The Kier molecular flexibility index (Phi) is 33.7. The molecule has 3 unspecified atom stereocenters. The zero-order chi connectivity index (χ0) is 74.4. The Morgan fingerprint density at radius 2 is 0.718 bits per heavy atom. The first kappa shape index (κ1) is 81.9. The predicted octanol–water partition coefficient (Wildman–Crippen LogP) is 16.6. The van der Waals surface area contributed by atoms with Gasteiger partial charge >= 0.3 is 17.9 Å². The summed E-state index contributed by atoms with van der Waals surface area (Å²) in [6, 6.07) is 9.90. The maximum absolute atomic E-state index is 13.2. The van der Waals surface area contributed by atoms with Crippen LogP contribution in [0.2, 0.25) is 5.02 Å². The maximum Gasteiger partial charge on any atom is 0.339 e. The fourth-order valence-corrected chi connectivity index (χ4v) is 13.7. The second-order valence-corrected chi connectivity index (χ2v) is 29.2. The van der Waals surface area contributed by atoms with Gasteiger partial charge in [-0.2, -0.15) is 0 Å². The number of aryl methyl sites for hydroxylation is 6. The summed E-state index contributed by atoms with van der Waals surface area (Å²) in [5, 5.41) is 13.5. The first-order valence-electron chi connectivity index (χ1n) is 37.4. The molecule has 18 nitrogen and oxygen atoms in total. The second kappa shape index (κ2) is 42.4. The van der Waals surface area contributed by atoms with Crippen molar-refractivity contribution in [2.24, 2.45) is 33.2 Å². The molecule has 0 aliphatic carbocycles. The molecular weight excluding hydrogens is 1320 g/mol. The second-order valence-electron chi connectivity index (χ2n) is 28.8. The number of oxime groups is 3. The van der Waals surface area contributed by atoms with Crippen molar-refractivity contribution < 1.29 is 57.5 Å². The van der Waals surface area contributed by atoms with Gasteiger partial charge in [0.2, 0.25) is 0 Å². The van der Waals surface area contributed by atoms with Crippen molar-refractivity contribution in [3.8, 4) is 0 Å². The highest BCUT2D eigenvalue weighted by atomic mass is 35.5. The summed E-state index contributed by atoms with van der Waals surface area (Å²) >= 11 is 6.71. The Hall–Kier alpha value is -8.38. The first-order valence-corrected chi connectivity index (χ1v) is 37.8. The van der Waals surface area contributed by atoms with Gasteiger partial charge in [-0.1, -0.05) is 144 Å². The normalized spacial score (nSPS) is 25.0. The molecule has 3 aromatic rings. The highest BCUT2D eigenvalue weighted by Gasteiger charge is 2.27. The molecule has 0 N–H and O–H groups in total. The summed E-state index contributed by atoms with van der Waals surface area (Å²) in [5.41, 5.74) is 11.5. The molecule has 558 valence electrons. The van der Waals surface area contributed by atoms with E-state index < -0.39 is 5.97 Å². The molecule has 3 aromatic carbocycles. The van der Waals surface area contributed by atoms with Crippen LogP contribution in [0.4, 0.5) is 0 Å². The van der Waals surface area contributed by atoms with Crippen LogP contribution in [0, 0.1) is 59.3 Å². The van der Waals surface area contributed by atoms with Gasteiger partial charge in [0.05, 0.1) is 33.8 Å². The highest BCUT2D eigenvalue weighted by molar-refractivity contribution is 6.33. The van der Waals surface area contributed by atoms with Crippen LogP contribution in [0.1, 0.15) is 219 Å². The van der Waals surface area contributed by atoms with Crippen molar-refractivity contribution in [2.45, 2.75) is 217 Å². The van der Waals surface area contributed by atoms with E-state index in [1.54, 1.807) is 0 Å². The minimum absolute atomic E-state index is 0.0302. The van der Waals surface area contributed by atoms with E-state index in [0.29, 0.717) is 101 Å². The lowest BCUT2D eigenvalue weighted by atomic mass is 9.94. The van der Waals surface area contributed by atoms with Gasteiger partial charge in [-0.3, -0.25) is 14.4 Å². The minimum atomic E-state index is -0.394. The quantitative estimate of drug-likeness (QED) is 0.0849. The summed E-state index contributed by atoms with van der Waals surface area (Å²) in [6.45, 7) is 28.3. The van der Waals surface area contributed by atoms with Crippen molar-refractivity contribution >= 4 is 64.4 Å². The van der Waals surface area contributed by atoms with E-state index in [9.17, 15) is 28.8 Å². The monoisotopic (exact) mass is 1430 g/mol.